The maximum atomic E-state index is 6.22. The first-order valence-electron chi connectivity index (χ1n) is 7.08. The number of ether oxygens (including phenoxy) is 1. The van der Waals surface area contributed by atoms with E-state index in [-0.39, 0.29) is 0 Å². The number of rotatable bonds is 3. The number of nitrogen functional groups attached to an aromatic ring is 1. The minimum absolute atomic E-state index is 0.783. The molecular weight excluding hydrogens is 248 g/mol. The highest BCUT2D eigenvalue weighted by molar-refractivity contribution is 5.68. The Hall–Kier alpha value is -2.00. The van der Waals surface area contributed by atoms with Crippen LogP contribution in [-0.2, 0) is 11.2 Å². The average Bonchev–Trinajstić information content (AvgIpc) is 2.49. The minimum atomic E-state index is 0.783. The van der Waals surface area contributed by atoms with Gasteiger partial charge in [-0.2, -0.15) is 0 Å². The maximum Gasteiger partial charge on any atom is 0.0642 e. The third kappa shape index (κ3) is 2.94. The van der Waals surface area contributed by atoms with Crippen LogP contribution in [0.2, 0.25) is 0 Å². The zero-order chi connectivity index (χ0) is 13.8. The van der Waals surface area contributed by atoms with Gasteiger partial charge in [0.05, 0.1) is 24.6 Å². The summed E-state index contributed by atoms with van der Waals surface area (Å²) in [6.07, 6.45) is 0.925. The van der Waals surface area contributed by atoms with Gasteiger partial charge in [-0.05, 0) is 29.7 Å². The average molecular weight is 268 g/mol. The summed E-state index contributed by atoms with van der Waals surface area (Å²) in [7, 11) is 0. The lowest BCUT2D eigenvalue weighted by atomic mass is 10.0. The van der Waals surface area contributed by atoms with Crippen molar-refractivity contribution in [3.63, 3.8) is 0 Å². The summed E-state index contributed by atoms with van der Waals surface area (Å²) in [5, 5.41) is 0. The van der Waals surface area contributed by atoms with Gasteiger partial charge in [0, 0.05) is 13.1 Å². The van der Waals surface area contributed by atoms with Crippen LogP contribution in [0.3, 0.4) is 0 Å². The Morgan fingerprint density at radius 1 is 0.950 bits per heavy atom. The van der Waals surface area contributed by atoms with Gasteiger partial charge in [-0.1, -0.05) is 36.4 Å². The number of hydrogen-bond acceptors (Lipinski definition) is 3. The number of morpholine rings is 1. The molecule has 1 fully saturated rings. The molecule has 3 nitrogen and oxygen atoms in total. The van der Waals surface area contributed by atoms with Gasteiger partial charge >= 0.3 is 0 Å². The van der Waals surface area contributed by atoms with Gasteiger partial charge in [-0.15, -0.1) is 0 Å². The second-order valence-corrected chi connectivity index (χ2v) is 5.15. The molecule has 2 N–H and O–H groups in total. The fraction of sp³-hybridized carbons (Fsp3) is 0.294. The molecule has 0 radical (unpaired) electrons. The van der Waals surface area contributed by atoms with Crippen molar-refractivity contribution >= 4 is 11.4 Å². The highest BCUT2D eigenvalue weighted by Crippen LogP contribution is 2.26. The summed E-state index contributed by atoms with van der Waals surface area (Å²) >= 11 is 0. The second kappa shape index (κ2) is 5.97. The largest absolute Gasteiger partial charge is 0.397 e. The molecule has 1 heterocycles. The number of benzene rings is 2. The summed E-state index contributed by atoms with van der Waals surface area (Å²) in [6.45, 7) is 3.40. The van der Waals surface area contributed by atoms with Crippen molar-refractivity contribution in [1.29, 1.82) is 0 Å². The van der Waals surface area contributed by atoms with Crippen LogP contribution in [0.15, 0.2) is 48.5 Å². The fourth-order valence-corrected chi connectivity index (χ4v) is 2.64. The molecular formula is C17H20N2O. The van der Waals surface area contributed by atoms with Crippen LogP contribution in [-0.4, -0.2) is 26.3 Å². The second-order valence-electron chi connectivity index (χ2n) is 5.15. The molecule has 2 aromatic rings. The lowest BCUT2D eigenvalue weighted by Gasteiger charge is -2.30. The van der Waals surface area contributed by atoms with Crippen LogP contribution in [0, 0.1) is 0 Å². The molecule has 1 aliphatic rings. The van der Waals surface area contributed by atoms with Crippen LogP contribution >= 0.6 is 0 Å². The molecule has 0 spiro atoms. The van der Waals surface area contributed by atoms with Crippen molar-refractivity contribution in [2.75, 3.05) is 36.9 Å². The van der Waals surface area contributed by atoms with Gasteiger partial charge in [-0.3, -0.25) is 0 Å². The van der Waals surface area contributed by atoms with Crippen LogP contribution < -0.4 is 10.6 Å². The van der Waals surface area contributed by atoms with Crippen LogP contribution in [0.5, 0.6) is 0 Å². The summed E-state index contributed by atoms with van der Waals surface area (Å²) in [5.41, 5.74) is 10.8. The molecule has 1 aliphatic heterocycles. The Morgan fingerprint density at radius 2 is 1.70 bits per heavy atom. The topological polar surface area (TPSA) is 38.5 Å². The zero-order valence-electron chi connectivity index (χ0n) is 11.6. The molecule has 0 atom stereocenters. The third-order valence-corrected chi connectivity index (χ3v) is 3.69. The molecule has 3 rings (SSSR count). The third-order valence-electron chi connectivity index (χ3n) is 3.69. The predicted molar refractivity (Wildman–Crippen MR) is 83.1 cm³/mol. The molecule has 0 saturated carbocycles. The van der Waals surface area contributed by atoms with Gasteiger partial charge in [0.2, 0.25) is 0 Å². The van der Waals surface area contributed by atoms with Crippen molar-refractivity contribution in [3.8, 4) is 0 Å². The van der Waals surface area contributed by atoms with Gasteiger partial charge in [0.25, 0.3) is 0 Å². The number of hydrogen-bond donors (Lipinski definition) is 1. The summed E-state index contributed by atoms with van der Waals surface area (Å²) < 4.78 is 5.38. The van der Waals surface area contributed by atoms with Gasteiger partial charge in [0.15, 0.2) is 0 Å². The van der Waals surface area contributed by atoms with Gasteiger partial charge in [-0.25, -0.2) is 0 Å². The molecule has 3 heteroatoms. The molecule has 2 aromatic carbocycles. The monoisotopic (exact) mass is 268 g/mol. The van der Waals surface area contributed by atoms with Crippen LogP contribution in [0.1, 0.15) is 11.1 Å². The Bertz CT molecular complexity index is 562. The number of anilines is 2. The highest BCUT2D eigenvalue weighted by Gasteiger charge is 2.13. The van der Waals surface area contributed by atoms with E-state index in [0.717, 1.165) is 44.1 Å². The van der Waals surface area contributed by atoms with Crippen molar-refractivity contribution in [2.24, 2.45) is 0 Å². The van der Waals surface area contributed by atoms with Crippen molar-refractivity contribution in [2.45, 2.75) is 6.42 Å². The minimum Gasteiger partial charge on any atom is -0.397 e. The van der Waals surface area contributed by atoms with E-state index in [2.05, 4.69) is 47.4 Å². The molecule has 0 unspecified atom stereocenters. The van der Waals surface area contributed by atoms with E-state index in [0.29, 0.717) is 0 Å². The molecule has 0 amide bonds. The Labute approximate surface area is 120 Å². The van der Waals surface area contributed by atoms with E-state index < -0.39 is 0 Å². The maximum absolute atomic E-state index is 6.22. The lowest BCUT2D eigenvalue weighted by molar-refractivity contribution is 0.123. The van der Waals surface area contributed by atoms with E-state index in [1.165, 1.54) is 11.1 Å². The first kappa shape index (κ1) is 13.0. The number of nitrogens with zero attached hydrogens (tertiary/aromatic N) is 1. The molecule has 104 valence electrons. The number of nitrogens with two attached hydrogens (primary N) is 1. The molecule has 20 heavy (non-hydrogen) atoms. The lowest BCUT2D eigenvalue weighted by Crippen LogP contribution is -2.36. The summed E-state index contributed by atoms with van der Waals surface area (Å²) in [5.74, 6) is 0. The van der Waals surface area contributed by atoms with Gasteiger partial charge in [0.1, 0.15) is 0 Å². The van der Waals surface area contributed by atoms with E-state index in [1.807, 2.05) is 6.07 Å². The van der Waals surface area contributed by atoms with Crippen molar-refractivity contribution in [1.82, 2.24) is 0 Å². The summed E-state index contributed by atoms with van der Waals surface area (Å²) in [6, 6.07) is 16.9. The smallest absolute Gasteiger partial charge is 0.0642 e. The Morgan fingerprint density at radius 3 is 2.40 bits per heavy atom. The van der Waals surface area contributed by atoms with E-state index in [9.17, 15) is 0 Å². The fourth-order valence-electron chi connectivity index (χ4n) is 2.64. The van der Waals surface area contributed by atoms with Crippen LogP contribution in [0.4, 0.5) is 11.4 Å². The van der Waals surface area contributed by atoms with Gasteiger partial charge < -0.3 is 15.4 Å². The molecule has 1 saturated heterocycles. The van der Waals surface area contributed by atoms with E-state index >= 15 is 0 Å². The Balaban J connectivity index is 1.77. The first-order chi connectivity index (χ1) is 9.83. The standard InChI is InChI=1S/C17H20N2O/c18-16-13-15(12-14-4-2-1-3-5-14)6-7-17(16)19-8-10-20-11-9-19/h1-7,13H,8-12,18H2. The zero-order valence-corrected chi connectivity index (χ0v) is 11.6. The van der Waals surface area contributed by atoms with E-state index in [4.69, 9.17) is 10.5 Å². The van der Waals surface area contributed by atoms with Crippen molar-refractivity contribution < 1.29 is 4.74 Å². The predicted octanol–water partition coefficient (Wildman–Crippen LogP) is 2.70. The SMILES string of the molecule is Nc1cc(Cc2ccccc2)ccc1N1CCOCC1. The normalized spacial score (nSPS) is 15.3. The molecule has 0 aromatic heterocycles. The van der Waals surface area contributed by atoms with E-state index in [1.54, 1.807) is 0 Å². The molecule has 0 aliphatic carbocycles. The highest BCUT2D eigenvalue weighted by atomic mass is 16.5. The summed E-state index contributed by atoms with van der Waals surface area (Å²) in [4.78, 5) is 2.30. The van der Waals surface area contributed by atoms with Crippen molar-refractivity contribution in [3.05, 3.63) is 59.7 Å². The quantitative estimate of drug-likeness (QED) is 0.870. The first-order valence-corrected chi connectivity index (χ1v) is 7.08. The van der Waals surface area contributed by atoms with Crippen LogP contribution in [0.25, 0.3) is 0 Å². The molecule has 0 bridgehead atoms. The Kier molecular flexibility index (Phi) is 3.88.